The fraction of sp³-hybridized carbons (Fsp3) is 0.583. The van der Waals surface area contributed by atoms with Gasteiger partial charge in [0.2, 0.25) is 0 Å². The number of alkyl halides is 1. The topological polar surface area (TPSA) is 33.5 Å². The quantitative estimate of drug-likeness (QED) is 0.744. The van der Waals surface area contributed by atoms with Crippen LogP contribution in [0.4, 0.5) is 0 Å². The summed E-state index contributed by atoms with van der Waals surface area (Å²) in [5.41, 5.74) is 0. The maximum absolute atomic E-state index is 12.1. The lowest BCUT2D eigenvalue weighted by molar-refractivity contribution is 0.0657. The largest absolute Gasteiger partial charge is 0.456 e. The molecule has 2 unspecified atom stereocenters. The molecule has 0 aromatic carbocycles. The van der Waals surface area contributed by atoms with E-state index in [9.17, 15) is 4.79 Å². The zero-order valence-corrected chi connectivity index (χ0v) is 11.2. The van der Waals surface area contributed by atoms with Crippen LogP contribution in [-0.2, 0) is 0 Å². The molecule has 1 fully saturated rings. The first kappa shape index (κ1) is 11.7. The molecule has 1 saturated heterocycles. The van der Waals surface area contributed by atoms with Crippen molar-refractivity contribution in [3.8, 4) is 0 Å². The lowest BCUT2D eigenvalue weighted by Crippen LogP contribution is -2.43. The molecule has 3 nitrogen and oxygen atoms in total. The molecule has 88 valence electrons. The van der Waals surface area contributed by atoms with Crippen LogP contribution in [0.25, 0.3) is 0 Å². The number of nitrogens with zero attached hydrogens (tertiary/aromatic N) is 1. The number of rotatable bonds is 1. The minimum Gasteiger partial charge on any atom is -0.456 e. The van der Waals surface area contributed by atoms with E-state index < -0.39 is 0 Å². The smallest absolute Gasteiger partial charge is 0.289 e. The van der Waals surface area contributed by atoms with Gasteiger partial charge in [-0.2, -0.15) is 0 Å². The molecule has 1 amide bonds. The van der Waals surface area contributed by atoms with Gasteiger partial charge < -0.3 is 9.32 Å². The van der Waals surface area contributed by atoms with Crippen LogP contribution in [0.3, 0.4) is 0 Å². The molecular weight excluding hydrogens is 270 g/mol. The average Bonchev–Trinajstić information content (AvgIpc) is 2.68. The normalized spacial score (nSPS) is 25.8. The van der Waals surface area contributed by atoms with Crippen molar-refractivity contribution in [1.29, 1.82) is 0 Å². The molecule has 16 heavy (non-hydrogen) atoms. The third-order valence-electron chi connectivity index (χ3n) is 3.04. The minimum absolute atomic E-state index is 0.0133. The Bertz CT molecular complexity index is 388. The van der Waals surface area contributed by atoms with E-state index in [4.69, 9.17) is 4.42 Å². The molecule has 1 aromatic rings. The molecule has 0 aliphatic carbocycles. The van der Waals surface area contributed by atoms with E-state index in [1.807, 2.05) is 17.9 Å². The summed E-state index contributed by atoms with van der Waals surface area (Å²) in [6.45, 7) is 5.61. The van der Waals surface area contributed by atoms with Crippen LogP contribution < -0.4 is 0 Å². The van der Waals surface area contributed by atoms with Gasteiger partial charge >= 0.3 is 0 Å². The van der Waals surface area contributed by atoms with Gasteiger partial charge in [-0.15, -0.1) is 0 Å². The average molecular weight is 286 g/mol. The van der Waals surface area contributed by atoms with E-state index in [1.165, 1.54) is 0 Å². The monoisotopic (exact) mass is 285 g/mol. The van der Waals surface area contributed by atoms with E-state index >= 15 is 0 Å². The van der Waals surface area contributed by atoms with Crippen molar-refractivity contribution in [1.82, 2.24) is 4.90 Å². The van der Waals surface area contributed by atoms with Crippen molar-refractivity contribution in [2.24, 2.45) is 5.92 Å². The van der Waals surface area contributed by atoms with Gasteiger partial charge in [0.25, 0.3) is 5.91 Å². The summed E-state index contributed by atoms with van der Waals surface area (Å²) in [7, 11) is 0. The molecule has 1 aliphatic heterocycles. The lowest BCUT2D eigenvalue weighted by atomic mass is 10.00. The first-order chi connectivity index (χ1) is 7.58. The van der Waals surface area contributed by atoms with Crippen molar-refractivity contribution in [3.63, 3.8) is 0 Å². The second-order valence-corrected chi connectivity index (χ2v) is 5.62. The second kappa shape index (κ2) is 4.62. The summed E-state index contributed by atoms with van der Waals surface area (Å²) in [5, 5.41) is 0. The summed E-state index contributed by atoms with van der Waals surface area (Å²) in [4.78, 5) is 14.5. The molecule has 1 aromatic heterocycles. The van der Waals surface area contributed by atoms with Gasteiger partial charge in [0.1, 0.15) is 5.76 Å². The van der Waals surface area contributed by atoms with Crippen LogP contribution in [0.5, 0.6) is 0 Å². The van der Waals surface area contributed by atoms with Crippen molar-refractivity contribution >= 4 is 21.8 Å². The number of hydrogen-bond acceptors (Lipinski definition) is 2. The molecule has 2 atom stereocenters. The fourth-order valence-corrected chi connectivity index (χ4v) is 2.38. The minimum atomic E-state index is 0.0133. The fourth-order valence-electron chi connectivity index (χ4n) is 2.01. The van der Waals surface area contributed by atoms with E-state index in [0.717, 1.165) is 25.3 Å². The van der Waals surface area contributed by atoms with Crippen molar-refractivity contribution in [2.75, 3.05) is 13.1 Å². The highest BCUT2D eigenvalue weighted by Gasteiger charge is 2.28. The number of amides is 1. The van der Waals surface area contributed by atoms with Gasteiger partial charge in [-0.05, 0) is 31.4 Å². The second-order valence-electron chi connectivity index (χ2n) is 4.44. The van der Waals surface area contributed by atoms with Crippen LogP contribution in [0.1, 0.15) is 29.7 Å². The Morgan fingerprint density at radius 2 is 2.31 bits per heavy atom. The number of aryl methyl sites for hydroxylation is 1. The molecule has 0 radical (unpaired) electrons. The highest BCUT2D eigenvalue weighted by molar-refractivity contribution is 9.09. The van der Waals surface area contributed by atoms with Gasteiger partial charge in [-0.25, -0.2) is 0 Å². The highest BCUT2D eigenvalue weighted by Crippen LogP contribution is 2.24. The van der Waals surface area contributed by atoms with E-state index in [1.54, 1.807) is 6.07 Å². The summed E-state index contributed by atoms with van der Waals surface area (Å²) in [6, 6.07) is 3.58. The predicted molar refractivity (Wildman–Crippen MR) is 65.8 cm³/mol. The highest BCUT2D eigenvalue weighted by atomic mass is 79.9. The van der Waals surface area contributed by atoms with Crippen LogP contribution >= 0.6 is 15.9 Å². The van der Waals surface area contributed by atoms with E-state index in [0.29, 0.717) is 16.5 Å². The van der Waals surface area contributed by atoms with Crippen LogP contribution in [0.15, 0.2) is 16.5 Å². The zero-order chi connectivity index (χ0) is 11.7. The number of likely N-dealkylation sites (tertiary alicyclic amines) is 1. The predicted octanol–water partition coefficient (Wildman–Crippen LogP) is 2.83. The zero-order valence-electron chi connectivity index (χ0n) is 9.57. The van der Waals surface area contributed by atoms with Crippen molar-refractivity contribution in [3.05, 3.63) is 23.7 Å². The van der Waals surface area contributed by atoms with Crippen LogP contribution in [-0.4, -0.2) is 28.7 Å². The van der Waals surface area contributed by atoms with E-state index in [2.05, 4.69) is 22.9 Å². The molecule has 2 heterocycles. The maximum atomic E-state index is 12.1. The summed E-state index contributed by atoms with van der Waals surface area (Å²) >= 11 is 3.63. The molecule has 1 aliphatic rings. The molecule has 2 rings (SSSR count). The van der Waals surface area contributed by atoms with Crippen molar-refractivity contribution in [2.45, 2.75) is 25.1 Å². The molecule has 0 N–H and O–H groups in total. The number of carbonyl (C=O) groups is 1. The van der Waals surface area contributed by atoms with Gasteiger partial charge in [-0.3, -0.25) is 4.79 Å². The first-order valence-electron chi connectivity index (χ1n) is 5.57. The van der Waals surface area contributed by atoms with Gasteiger partial charge in [0.15, 0.2) is 5.76 Å². The van der Waals surface area contributed by atoms with Gasteiger partial charge in [0, 0.05) is 17.9 Å². The first-order valence-corrected chi connectivity index (χ1v) is 6.49. The van der Waals surface area contributed by atoms with Gasteiger partial charge in [-0.1, -0.05) is 22.9 Å². The third-order valence-corrected chi connectivity index (χ3v) is 4.40. The standard InChI is InChI=1S/C12H16BrNO2/c1-8-7-14(6-5-10(8)13)12(15)11-4-3-9(2)16-11/h3-4,8,10H,5-7H2,1-2H3. The molecule has 0 bridgehead atoms. The molecule has 0 spiro atoms. The molecule has 4 heteroatoms. The Morgan fingerprint density at radius 3 is 2.88 bits per heavy atom. The van der Waals surface area contributed by atoms with Crippen molar-refractivity contribution < 1.29 is 9.21 Å². The molecular formula is C12H16BrNO2. The number of hydrogen-bond donors (Lipinski definition) is 0. The molecule has 0 saturated carbocycles. The Labute approximate surface area is 104 Å². The van der Waals surface area contributed by atoms with E-state index in [-0.39, 0.29) is 5.91 Å². The Balaban J connectivity index is 2.06. The number of piperidine rings is 1. The Hall–Kier alpha value is -0.770. The Kier molecular flexibility index (Phi) is 3.38. The summed E-state index contributed by atoms with van der Waals surface area (Å²) in [6.07, 6.45) is 1.01. The number of carbonyl (C=O) groups excluding carboxylic acids is 1. The summed E-state index contributed by atoms with van der Waals surface area (Å²) in [5.74, 6) is 1.75. The third kappa shape index (κ3) is 2.32. The summed E-state index contributed by atoms with van der Waals surface area (Å²) < 4.78 is 5.36. The van der Waals surface area contributed by atoms with Gasteiger partial charge in [0.05, 0.1) is 0 Å². The van der Waals surface area contributed by atoms with Crippen LogP contribution in [0.2, 0.25) is 0 Å². The number of halogens is 1. The maximum Gasteiger partial charge on any atom is 0.289 e. The van der Waals surface area contributed by atoms with Crippen LogP contribution in [0, 0.1) is 12.8 Å². The lowest BCUT2D eigenvalue weighted by Gasteiger charge is -2.33. The Morgan fingerprint density at radius 1 is 1.56 bits per heavy atom. The SMILES string of the molecule is Cc1ccc(C(=O)N2CCC(Br)C(C)C2)o1. The number of furan rings is 1.